The lowest BCUT2D eigenvalue weighted by atomic mass is 10.2. The van der Waals surface area contributed by atoms with Gasteiger partial charge in [-0.25, -0.2) is 13.1 Å². The fraction of sp³-hybridized carbons (Fsp3) is 0.500. The molecule has 0 spiro atoms. The highest BCUT2D eigenvalue weighted by Crippen LogP contribution is 2.13. The molecule has 2 N–H and O–H groups in total. The highest BCUT2D eigenvalue weighted by molar-refractivity contribution is 7.89. The zero-order valence-corrected chi connectivity index (χ0v) is 10.2. The maximum absolute atomic E-state index is 11.8. The molecule has 0 aliphatic heterocycles. The SMILES string of the molecule is CC(CCCO)NS(=O)(=O)c1ccc(C=O)o1. The molecule has 1 rings (SSSR count). The molecule has 0 radical (unpaired) electrons. The van der Waals surface area contributed by atoms with Crippen LogP contribution in [0.5, 0.6) is 0 Å². The van der Waals surface area contributed by atoms with Gasteiger partial charge in [-0.2, -0.15) is 0 Å². The zero-order chi connectivity index (χ0) is 12.9. The van der Waals surface area contributed by atoms with Crippen LogP contribution in [0.1, 0.15) is 30.3 Å². The molecular formula is C10H15NO5S. The van der Waals surface area contributed by atoms with Crippen LogP contribution >= 0.6 is 0 Å². The van der Waals surface area contributed by atoms with Gasteiger partial charge in [0.2, 0.25) is 5.09 Å². The number of hydrogen-bond acceptors (Lipinski definition) is 5. The van der Waals surface area contributed by atoms with Crippen LogP contribution in [0.25, 0.3) is 0 Å². The fourth-order valence-electron chi connectivity index (χ4n) is 1.32. The molecule has 0 aliphatic carbocycles. The summed E-state index contributed by atoms with van der Waals surface area (Å²) >= 11 is 0. The predicted molar refractivity (Wildman–Crippen MR) is 60.2 cm³/mol. The molecular weight excluding hydrogens is 246 g/mol. The van der Waals surface area contributed by atoms with Gasteiger partial charge in [0.1, 0.15) is 0 Å². The smallest absolute Gasteiger partial charge is 0.274 e. The standard InChI is InChI=1S/C10H15NO5S/c1-8(3-2-6-12)11-17(14,15)10-5-4-9(7-13)16-10/h4-5,7-8,11-12H,2-3,6H2,1H3. The number of carbonyl (C=O) groups is 1. The van der Waals surface area contributed by atoms with Crippen molar-refractivity contribution >= 4 is 16.3 Å². The van der Waals surface area contributed by atoms with Gasteiger partial charge in [0.25, 0.3) is 10.0 Å². The molecule has 0 saturated carbocycles. The maximum atomic E-state index is 11.8. The minimum atomic E-state index is -3.74. The van der Waals surface area contributed by atoms with Gasteiger partial charge >= 0.3 is 0 Å². The Hall–Kier alpha value is -1.18. The molecule has 7 heteroatoms. The van der Waals surface area contributed by atoms with Crippen molar-refractivity contribution in [2.24, 2.45) is 0 Å². The Bertz CT molecular complexity index is 465. The molecule has 1 unspecified atom stereocenters. The first-order valence-electron chi connectivity index (χ1n) is 5.18. The van der Waals surface area contributed by atoms with E-state index in [1.54, 1.807) is 6.92 Å². The average Bonchev–Trinajstić information content (AvgIpc) is 2.75. The first-order chi connectivity index (χ1) is 7.99. The van der Waals surface area contributed by atoms with Crippen molar-refractivity contribution in [1.29, 1.82) is 0 Å². The van der Waals surface area contributed by atoms with E-state index in [2.05, 4.69) is 4.72 Å². The third kappa shape index (κ3) is 3.95. The molecule has 0 saturated heterocycles. The topological polar surface area (TPSA) is 96.6 Å². The molecule has 96 valence electrons. The van der Waals surface area contributed by atoms with Gasteiger partial charge in [-0.1, -0.05) is 0 Å². The number of furan rings is 1. The number of aldehydes is 1. The van der Waals surface area contributed by atoms with E-state index in [0.29, 0.717) is 19.1 Å². The summed E-state index contributed by atoms with van der Waals surface area (Å²) in [4.78, 5) is 10.4. The van der Waals surface area contributed by atoms with Crippen molar-refractivity contribution < 1.29 is 22.7 Å². The molecule has 6 nitrogen and oxygen atoms in total. The lowest BCUT2D eigenvalue weighted by Crippen LogP contribution is -2.32. The minimum absolute atomic E-state index is 0.0160. The van der Waals surface area contributed by atoms with Crippen molar-refractivity contribution in [3.63, 3.8) is 0 Å². The quantitative estimate of drug-likeness (QED) is 0.698. The lowest BCUT2D eigenvalue weighted by Gasteiger charge is -2.11. The normalized spacial score (nSPS) is 13.5. The lowest BCUT2D eigenvalue weighted by molar-refractivity contribution is 0.109. The summed E-state index contributed by atoms with van der Waals surface area (Å²) < 4.78 is 30.7. The largest absolute Gasteiger partial charge is 0.440 e. The summed E-state index contributed by atoms with van der Waals surface area (Å²) in [6.07, 6.45) is 1.48. The predicted octanol–water partition coefficient (Wildman–Crippen LogP) is 0.531. The molecule has 0 aromatic carbocycles. The third-order valence-electron chi connectivity index (χ3n) is 2.13. The van der Waals surface area contributed by atoms with Gasteiger partial charge in [-0.05, 0) is 31.9 Å². The van der Waals surface area contributed by atoms with E-state index in [1.807, 2.05) is 0 Å². The van der Waals surface area contributed by atoms with Crippen molar-refractivity contribution in [2.75, 3.05) is 6.61 Å². The first-order valence-corrected chi connectivity index (χ1v) is 6.66. The van der Waals surface area contributed by atoms with E-state index in [9.17, 15) is 13.2 Å². The van der Waals surface area contributed by atoms with Crippen molar-refractivity contribution in [3.8, 4) is 0 Å². The summed E-state index contributed by atoms with van der Waals surface area (Å²) in [7, 11) is -3.74. The number of aliphatic hydroxyl groups is 1. The molecule has 0 amide bonds. The van der Waals surface area contributed by atoms with Gasteiger partial charge < -0.3 is 9.52 Å². The molecule has 1 atom stereocenters. The van der Waals surface area contributed by atoms with E-state index in [4.69, 9.17) is 9.52 Å². The molecule has 1 aromatic rings. The summed E-state index contributed by atoms with van der Waals surface area (Å²) in [5, 5.41) is 8.35. The van der Waals surface area contributed by atoms with Crippen LogP contribution in [0.15, 0.2) is 21.6 Å². The van der Waals surface area contributed by atoms with Crippen LogP contribution in [0.3, 0.4) is 0 Å². The summed E-state index contributed by atoms with van der Waals surface area (Å²) in [5.41, 5.74) is 0. The second kappa shape index (κ2) is 5.95. The Morgan fingerprint density at radius 3 is 2.76 bits per heavy atom. The number of carbonyl (C=O) groups excluding carboxylic acids is 1. The Kier molecular flexibility index (Phi) is 4.86. The highest BCUT2D eigenvalue weighted by atomic mass is 32.2. The van der Waals surface area contributed by atoms with Gasteiger partial charge in [0, 0.05) is 12.6 Å². The number of hydrogen-bond donors (Lipinski definition) is 2. The molecule has 0 aliphatic rings. The number of nitrogens with one attached hydrogen (secondary N) is 1. The van der Waals surface area contributed by atoms with Crippen LogP contribution < -0.4 is 4.72 Å². The van der Waals surface area contributed by atoms with E-state index < -0.39 is 10.0 Å². The van der Waals surface area contributed by atoms with Crippen LogP contribution in [-0.4, -0.2) is 32.5 Å². The van der Waals surface area contributed by atoms with E-state index in [1.165, 1.54) is 12.1 Å². The Balaban J connectivity index is 2.71. The Morgan fingerprint density at radius 2 is 2.24 bits per heavy atom. The monoisotopic (exact) mass is 261 g/mol. The van der Waals surface area contributed by atoms with Gasteiger partial charge in [-0.3, -0.25) is 4.79 Å². The van der Waals surface area contributed by atoms with Gasteiger partial charge in [-0.15, -0.1) is 0 Å². The Labute approximate surface area is 99.7 Å². The number of aliphatic hydroxyl groups excluding tert-OH is 1. The van der Waals surface area contributed by atoms with Crippen molar-refractivity contribution in [2.45, 2.75) is 30.9 Å². The zero-order valence-electron chi connectivity index (χ0n) is 9.42. The summed E-state index contributed by atoms with van der Waals surface area (Å²) in [6, 6.07) is 2.21. The van der Waals surface area contributed by atoms with Gasteiger partial charge in [0.15, 0.2) is 12.0 Å². The summed E-state index contributed by atoms with van der Waals surface area (Å²) in [5.74, 6) is -0.0339. The number of sulfonamides is 1. The first kappa shape index (κ1) is 13.9. The van der Waals surface area contributed by atoms with Crippen molar-refractivity contribution in [1.82, 2.24) is 4.72 Å². The van der Waals surface area contributed by atoms with Crippen LogP contribution in [0, 0.1) is 0 Å². The van der Waals surface area contributed by atoms with E-state index >= 15 is 0 Å². The fourth-order valence-corrected chi connectivity index (χ4v) is 2.54. The molecule has 0 bridgehead atoms. The molecule has 1 heterocycles. The van der Waals surface area contributed by atoms with Gasteiger partial charge in [0.05, 0.1) is 0 Å². The molecule has 17 heavy (non-hydrogen) atoms. The van der Waals surface area contributed by atoms with Crippen molar-refractivity contribution in [3.05, 3.63) is 17.9 Å². The third-order valence-corrected chi connectivity index (χ3v) is 3.60. The van der Waals surface area contributed by atoms with E-state index in [0.717, 1.165) is 0 Å². The van der Waals surface area contributed by atoms with E-state index in [-0.39, 0.29) is 23.5 Å². The van der Waals surface area contributed by atoms with Crippen LogP contribution in [0.4, 0.5) is 0 Å². The second-order valence-electron chi connectivity index (χ2n) is 3.66. The maximum Gasteiger partial charge on any atom is 0.274 e. The second-order valence-corrected chi connectivity index (χ2v) is 5.31. The minimum Gasteiger partial charge on any atom is -0.440 e. The number of rotatable bonds is 7. The molecule has 1 aromatic heterocycles. The van der Waals surface area contributed by atoms with Crippen LogP contribution in [0.2, 0.25) is 0 Å². The molecule has 0 fully saturated rings. The highest BCUT2D eigenvalue weighted by Gasteiger charge is 2.20. The van der Waals surface area contributed by atoms with Crippen LogP contribution in [-0.2, 0) is 10.0 Å². The Morgan fingerprint density at radius 1 is 1.53 bits per heavy atom. The summed E-state index contributed by atoms with van der Waals surface area (Å²) in [6.45, 7) is 1.71. The average molecular weight is 261 g/mol.